The summed E-state index contributed by atoms with van der Waals surface area (Å²) in [5.74, 6) is 0.398. The molecule has 178 valence electrons. The van der Waals surface area contributed by atoms with Gasteiger partial charge in [-0.05, 0) is 87.4 Å². The first-order valence-corrected chi connectivity index (χ1v) is 14.4. The lowest BCUT2D eigenvalue weighted by atomic mass is 9.60. The maximum absolute atomic E-state index is 13.8. The molecule has 2 nitrogen and oxygen atoms in total. The Bertz CT molecular complexity index is 718. The van der Waals surface area contributed by atoms with Gasteiger partial charge in [0, 0.05) is 12.3 Å². The minimum atomic E-state index is -5.61. The number of carbonyl (C=O) groups excluding carboxylic acids is 1. The smallest absolute Gasteiger partial charge is 0.394 e. The number of hydrogen-bond donors (Lipinski definition) is 0. The molecule has 3 rings (SSSR count). The summed E-state index contributed by atoms with van der Waals surface area (Å²) < 4.78 is 87.3. The van der Waals surface area contributed by atoms with Crippen molar-refractivity contribution in [2.75, 3.05) is 0 Å². The summed E-state index contributed by atoms with van der Waals surface area (Å²) in [7, 11) is -3.19. The summed E-state index contributed by atoms with van der Waals surface area (Å²) in [6.45, 7) is 6.04. The van der Waals surface area contributed by atoms with Crippen LogP contribution >= 0.6 is 0 Å². The molecule has 31 heavy (non-hydrogen) atoms. The zero-order valence-corrected chi connectivity index (χ0v) is 19.6. The highest BCUT2D eigenvalue weighted by Crippen LogP contribution is 2.68. The molecule has 3 aliphatic carbocycles. The zero-order chi connectivity index (χ0) is 23.5. The molecule has 0 unspecified atom stereocenters. The Kier molecular flexibility index (Phi) is 6.08. The number of rotatable bonds is 6. The van der Waals surface area contributed by atoms with E-state index >= 15 is 0 Å². The van der Waals surface area contributed by atoms with Crippen LogP contribution in [0.15, 0.2) is 12.2 Å². The van der Waals surface area contributed by atoms with Crippen molar-refractivity contribution in [3.63, 3.8) is 0 Å². The molecular weight excluding hydrogens is 438 g/mol. The van der Waals surface area contributed by atoms with E-state index in [9.17, 15) is 31.1 Å². The Morgan fingerprint density at radius 2 is 1.61 bits per heavy atom. The number of carbonyl (C=O) groups is 1. The largest absolute Gasteiger partial charge is 0.429 e. The highest BCUT2D eigenvalue weighted by Gasteiger charge is 2.72. The Balaban J connectivity index is 1.87. The van der Waals surface area contributed by atoms with Crippen molar-refractivity contribution < 1.29 is 35.6 Å². The van der Waals surface area contributed by atoms with Crippen molar-refractivity contribution in [1.29, 1.82) is 0 Å². The first-order valence-electron chi connectivity index (χ1n) is 11.0. The van der Waals surface area contributed by atoms with Gasteiger partial charge in [-0.3, -0.25) is 4.79 Å². The van der Waals surface area contributed by atoms with E-state index in [2.05, 4.69) is 6.92 Å². The lowest BCUT2D eigenvalue weighted by Crippen LogP contribution is -2.61. The molecule has 0 aromatic heterocycles. The van der Waals surface area contributed by atoms with E-state index in [1.165, 1.54) is 19.6 Å². The van der Waals surface area contributed by atoms with Crippen LogP contribution in [0, 0.1) is 22.7 Å². The molecule has 0 spiro atoms. The van der Waals surface area contributed by atoms with Gasteiger partial charge < -0.3 is 4.43 Å². The Morgan fingerprint density at radius 1 is 1.03 bits per heavy atom. The average molecular weight is 471 g/mol. The Hall–Kier alpha value is -0.833. The zero-order valence-electron chi connectivity index (χ0n) is 18.6. The molecule has 0 N–H and O–H groups in total. The lowest BCUT2D eigenvalue weighted by molar-refractivity contribution is -0.340. The van der Waals surface area contributed by atoms with Crippen LogP contribution in [0.25, 0.3) is 0 Å². The molecule has 3 aliphatic rings. The molecular formula is C22H32F6O2Si. The van der Waals surface area contributed by atoms with Crippen molar-refractivity contribution in [2.45, 2.75) is 95.9 Å². The fourth-order valence-electron chi connectivity index (χ4n) is 6.23. The van der Waals surface area contributed by atoms with Crippen molar-refractivity contribution in [1.82, 2.24) is 0 Å². The fourth-order valence-corrected chi connectivity index (χ4v) is 7.50. The average Bonchev–Trinajstić information content (AvgIpc) is 3.25. The van der Waals surface area contributed by atoms with Crippen LogP contribution in [0.3, 0.4) is 0 Å². The molecule has 0 saturated heterocycles. The topological polar surface area (TPSA) is 26.3 Å². The van der Waals surface area contributed by atoms with Crippen LogP contribution in [-0.2, 0) is 9.22 Å². The van der Waals surface area contributed by atoms with Crippen molar-refractivity contribution in [3.8, 4) is 0 Å². The SMILES string of the molecule is C[C@]12CCCC(=O)[C@@H]1CC[C@@H]2C1(CC=CC(O[Si](C)(C)C)(C(F)(F)F)C(F)(F)F)CC1. The number of hydrogen-bond acceptors (Lipinski definition) is 2. The summed E-state index contributed by atoms with van der Waals surface area (Å²) >= 11 is 0. The first-order chi connectivity index (χ1) is 14.0. The van der Waals surface area contributed by atoms with Crippen LogP contribution in [0.4, 0.5) is 26.3 Å². The van der Waals surface area contributed by atoms with Crippen LogP contribution in [-0.4, -0.2) is 32.1 Å². The van der Waals surface area contributed by atoms with Gasteiger partial charge in [-0.25, -0.2) is 0 Å². The molecule has 9 heteroatoms. The van der Waals surface area contributed by atoms with Crippen LogP contribution in [0.1, 0.15) is 58.3 Å². The standard InChI is InChI=1S/C22H32F6O2Si/c1-18-10-5-7-16(29)15(18)8-9-17(18)19(13-14-19)11-6-12-20(21(23,24)25,22(26,27)28)30-31(2,3)4/h6,12,15,17H,5,7-11,13-14H2,1-4H3/t15-,17-,18-/m0/s1. The minimum absolute atomic E-state index is 0.0210. The molecule has 3 fully saturated rings. The van der Waals surface area contributed by atoms with Crippen molar-refractivity contribution >= 4 is 14.1 Å². The normalized spacial score (nSPS) is 31.9. The van der Waals surface area contributed by atoms with E-state index in [-0.39, 0.29) is 40.9 Å². The quantitative estimate of drug-likeness (QED) is 0.233. The molecule has 0 heterocycles. The Labute approximate surface area is 180 Å². The molecule has 3 saturated carbocycles. The molecule has 0 radical (unpaired) electrons. The van der Waals surface area contributed by atoms with Gasteiger partial charge in [-0.15, -0.1) is 0 Å². The van der Waals surface area contributed by atoms with Crippen LogP contribution in [0.5, 0.6) is 0 Å². The second kappa shape index (κ2) is 7.60. The van der Waals surface area contributed by atoms with Crippen molar-refractivity contribution in [3.05, 3.63) is 12.2 Å². The molecule has 0 aromatic rings. The third-order valence-electron chi connectivity index (χ3n) is 7.68. The second-order valence-electron chi connectivity index (χ2n) is 10.9. The van der Waals surface area contributed by atoms with Gasteiger partial charge in [-0.1, -0.05) is 13.0 Å². The van der Waals surface area contributed by atoms with E-state index in [4.69, 9.17) is 4.43 Å². The summed E-state index contributed by atoms with van der Waals surface area (Å²) in [6, 6.07) is 0. The van der Waals surface area contributed by atoms with E-state index < -0.39 is 26.3 Å². The second-order valence-corrected chi connectivity index (χ2v) is 15.4. The van der Waals surface area contributed by atoms with Gasteiger partial charge in [-0.2, -0.15) is 26.3 Å². The molecule has 3 atom stereocenters. The first kappa shape index (κ1) is 24.8. The van der Waals surface area contributed by atoms with Gasteiger partial charge >= 0.3 is 12.4 Å². The van der Waals surface area contributed by atoms with E-state index in [0.717, 1.165) is 44.6 Å². The number of allylic oxidation sites excluding steroid dienone is 1. The lowest BCUT2D eigenvalue weighted by Gasteiger charge is -2.43. The maximum atomic E-state index is 13.8. The number of alkyl halides is 6. The molecule has 0 bridgehead atoms. The molecule has 0 aliphatic heterocycles. The fraction of sp³-hybridized carbons (Fsp3) is 0.864. The maximum Gasteiger partial charge on any atom is 0.429 e. The highest BCUT2D eigenvalue weighted by molar-refractivity contribution is 6.69. The molecule has 0 amide bonds. The monoisotopic (exact) mass is 470 g/mol. The minimum Gasteiger partial charge on any atom is -0.394 e. The van der Waals surface area contributed by atoms with Crippen molar-refractivity contribution in [2.24, 2.45) is 22.7 Å². The highest BCUT2D eigenvalue weighted by atomic mass is 28.4. The third kappa shape index (κ3) is 4.37. The number of ketones is 1. The summed E-state index contributed by atoms with van der Waals surface area (Å²) in [5.41, 5.74) is -4.79. The van der Waals surface area contributed by atoms with Gasteiger partial charge in [0.2, 0.25) is 0 Å². The number of Topliss-reactive ketones (excluding diaryl/α,β-unsaturated/α-hetero) is 1. The van der Waals surface area contributed by atoms with E-state index in [1.807, 2.05) is 0 Å². The predicted octanol–water partition coefficient (Wildman–Crippen LogP) is 7.21. The van der Waals surface area contributed by atoms with E-state index in [1.54, 1.807) is 0 Å². The number of fused-ring (bicyclic) bond motifs is 1. The van der Waals surface area contributed by atoms with Gasteiger partial charge in [0.25, 0.3) is 5.60 Å². The third-order valence-corrected chi connectivity index (χ3v) is 8.62. The summed E-state index contributed by atoms with van der Waals surface area (Å²) in [5, 5.41) is 0. The van der Waals surface area contributed by atoms with Gasteiger partial charge in [0.15, 0.2) is 8.32 Å². The predicted molar refractivity (Wildman–Crippen MR) is 108 cm³/mol. The summed E-state index contributed by atoms with van der Waals surface area (Å²) in [6.07, 6.45) is -4.38. The van der Waals surface area contributed by atoms with Crippen LogP contribution < -0.4 is 0 Å². The number of halogens is 6. The summed E-state index contributed by atoms with van der Waals surface area (Å²) in [4.78, 5) is 12.4. The van der Waals surface area contributed by atoms with E-state index in [0.29, 0.717) is 6.42 Å². The molecule has 0 aromatic carbocycles. The van der Waals surface area contributed by atoms with Gasteiger partial charge in [0.1, 0.15) is 5.78 Å². The Morgan fingerprint density at radius 3 is 2.10 bits per heavy atom. The van der Waals surface area contributed by atoms with Crippen LogP contribution in [0.2, 0.25) is 19.6 Å². The van der Waals surface area contributed by atoms with Gasteiger partial charge in [0.05, 0.1) is 0 Å².